The van der Waals surface area contributed by atoms with Gasteiger partial charge < -0.3 is 9.72 Å². The second-order valence-electron chi connectivity index (χ2n) is 6.93. The summed E-state index contributed by atoms with van der Waals surface area (Å²) in [6, 6.07) is 6.46. The fourth-order valence-electron chi connectivity index (χ4n) is 2.86. The van der Waals surface area contributed by atoms with Crippen LogP contribution in [0.25, 0.3) is 10.2 Å². The summed E-state index contributed by atoms with van der Waals surface area (Å²) in [7, 11) is -3.58. The maximum Gasteiger partial charge on any atom is 0.307 e. The molecule has 1 N–H and O–H groups in total. The number of sulfone groups is 1. The van der Waals surface area contributed by atoms with Crippen molar-refractivity contribution in [3.63, 3.8) is 0 Å². The highest BCUT2D eigenvalue weighted by Crippen LogP contribution is 2.27. The van der Waals surface area contributed by atoms with Gasteiger partial charge in [0.05, 0.1) is 22.5 Å². The van der Waals surface area contributed by atoms with Gasteiger partial charge in [0.25, 0.3) is 5.56 Å². The zero-order valence-electron chi connectivity index (χ0n) is 16.6. The van der Waals surface area contributed by atoms with Crippen LogP contribution in [0.15, 0.2) is 34.0 Å². The van der Waals surface area contributed by atoms with Crippen LogP contribution < -0.4 is 5.56 Å². The molecule has 2 heterocycles. The fourth-order valence-corrected chi connectivity index (χ4v) is 5.12. The second kappa shape index (κ2) is 8.08. The Balaban J connectivity index is 1.68. The minimum Gasteiger partial charge on any atom is -0.454 e. The molecular weight excluding hydrogens is 412 g/mol. The van der Waals surface area contributed by atoms with Crippen molar-refractivity contribution in [1.82, 2.24) is 9.97 Å². The van der Waals surface area contributed by atoms with Crippen LogP contribution in [-0.4, -0.2) is 30.1 Å². The highest BCUT2D eigenvalue weighted by atomic mass is 32.2. The summed E-state index contributed by atoms with van der Waals surface area (Å²) in [5.41, 5.74) is 1.56. The van der Waals surface area contributed by atoms with Crippen molar-refractivity contribution in [2.45, 2.75) is 45.1 Å². The smallest absolute Gasteiger partial charge is 0.307 e. The predicted molar refractivity (Wildman–Crippen MR) is 112 cm³/mol. The number of carbonyl (C=O) groups is 1. The Morgan fingerprint density at radius 1 is 1.21 bits per heavy atom. The number of hydrogen-bond donors (Lipinski definition) is 1. The van der Waals surface area contributed by atoms with Crippen molar-refractivity contribution in [2.75, 3.05) is 5.75 Å². The van der Waals surface area contributed by atoms with E-state index >= 15 is 0 Å². The third-order valence-corrected chi connectivity index (χ3v) is 7.54. The number of thiophene rings is 1. The molecule has 9 heteroatoms. The number of rotatable bonds is 6. The molecule has 3 rings (SSSR count). The van der Waals surface area contributed by atoms with Gasteiger partial charge in [0.1, 0.15) is 4.83 Å². The summed E-state index contributed by atoms with van der Waals surface area (Å²) in [5.74, 6) is -0.790. The number of ether oxygens (including phenoxy) is 1. The van der Waals surface area contributed by atoms with Gasteiger partial charge in [-0.05, 0) is 45.4 Å². The van der Waals surface area contributed by atoms with E-state index in [1.807, 2.05) is 20.8 Å². The van der Waals surface area contributed by atoms with E-state index in [4.69, 9.17) is 4.74 Å². The molecule has 154 valence electrons. The minimum absolute atomic E-state index is 0.170. The number of nitrogens with one attached hydrogen (secondary N) is 1. The first-order chi connectivity index (χ1) is 13.6. The molecule has 0 radical (unpaired) electrons. The van der Waals surface area contributed by atoms with Crippen LogP contribution in [0.3, 0.4) is 0 Å². The topological polar surface area (TPSA) is 106 Å². The van der Waals surface area contributed by atoms with E-state index < -0.39 is 21.9 Å². The Labute approximate surface area is 172 Å². The van der Waals surface area contributed by atoms with E-state index in [0.29, 0.717) is 10.2 Å². The molecule has 0 amide bonds. The number of esters is 1. The quantitative estimate of drug-likeness (QED) is 0.596. The summed E-state index contributed by atoms with van der Waals surface area (Å²) >= 11 is 1.40. The molecule has 7 nitrogen and oxygen atoms in total. The first kappa shape index (κ1) is 21.2. The number of carbonyl (C=O) groups excluding carboxylic acids is 1. The van der Waals surface area contributed by atoms with Crippen LogP contribution in [0.2, 0.25) is 0 Å². The van der Waals surface area contributed by atoms with E-state index in [9.17, 15) is 18.0 Å². The Morgan fingerprint density at radius 2 is 1.86 bits per heavy atom. The van der Waals surface area contributed by atoms with Gasteiger partial charge in [-0.15, -0.1) is 11.3 Å². The van der Waals surface area contributed by atoms with Crippen LogP contribution in [0.5, 0.6) is 0 Å². The zero-order chi connectivity index (χ0) is 21.3. The molecule has 0 unspecified atom stereocenters. The first-order valence-electron chi connectivity index (χ1n) is 9.07. The molecule has 0 aliphatic heterocycles. The number of nitrogens with zero attached hydrogens (tertiary/aromatic N) is 1. The molecule has 0 saturated carbocycles. The Morgan fingerprint density at radius 3 is 2.52 bits per heavy atom. The van der Waals surface area contributed by atoms with Gasteiger partial charge in [0.2, 0.25) is 0 Å². The highest BCUT2D eigenvalue weighted by molar-refractivity contribution is 7.91. The van der Waals surface area contributed by atoms with Gasteiger partial charge in [-0.2, -0.15) is 0 Å². The Bertz CT molecular complexity index is 1220. The summed E-state index contributed by atoms with van der Waals surface area (Å²) < 4.78 is 30.0. The minimum atomic E-state index is -3.58. The molecule has 2 aromatic heterocycles. The lowest BCUT2D eigenvalue weighted by Crippen LogP contribution is -2.19. The molecule has 1 atom stereocenters. The van der Waals surface area contributed by atoms with Gasteiger partial charge >= 0.3 is 5.97 Å². The molecule has 0 bridgehead atoms. The van der Waals surface area contributed by atoms with Crippen LogP contribution in [0.1, 0.15) is 41.3 Å². The number of hydrogen-bond acceptors (Lipinski definition) is 7. The number of H-pyrrole nitrogens is 1. The highest BCUT2D eigenvalue weighted by Gasteiger charge is 2.21. The summed E-state index contributed by atoms with van der Waals surface area (Å²) in [6.07, 6.45) is -1.09. The summed E-state index contributed by atoms with van der Waals surface area (Å²) in [4.78, 5) is 33.3. The van der Waals surface area contributed by atoms with Gasteiger partial charge in [0.15, 0.2) is 21.8 Å². The standard InChI is InChI=1S/C20H22N2O5S2/c1-11-5-7-15(8-6-11)29(25,26)10-9-16(23)27-13(3)18-21-19(24)17-12(2)14(4)28-20(17)22-18/h5-8,13H,9-10H2,1-4H3,(H,21,22,24)/t13-/m1/s1. The third kappa shape index (κ3) is 4.56. The van der Waals surface area contributed by atoms with Crippen molar-refractivity contribution in [2.24, 2.45) is 0 Å². The van der Waals surface area contributed by atoms with Crippen molar-refractivity contribution in [3.05, 3.63) is 56.4 Å². The van der Waals surface area contributed by atoms with Crippen LogP contribution in [-0.2, 0) is 19.4 Å². The van der Waals surface area contributed by atoms with Crippen LogP contribution in [0.4, 0.5) is 0 Å². The Hall–Kier alpha value is -2.52. The molecular formula is C20H22N2O5S2. The number of aromatic amines is 1. The summed E-state index contributed by atoms with van der Waals surface area (Å²) in [5, 5.41) is 0.541. The lowest BCUT2D eigenvalue weighted by atomic mass is 10.2. The van der Waals surface area contributed by atoms with Crippen molar-refractivity contribution in [1.29, 1.82) is 0 Å². The Kier molecular flexibility index (Phi) is 5.90. The lowest BCUT2D eigenvalue weighted by Gasteiger charge is -2.12. The van der Waals surface area contributed by atoms with E-state index in [1.165, 1.54) is 23.5 Å². The van der Waals surface area contributed by atoms with E-state index in [0.717, 1.165) is 16.0 Å². The SMILES string of the molecule is Cc1ccc(S(=O)(=O)CCC(=O)O[C@H](C)c2nc3sc(C)c(C)c3c(=O)[nH]2)cc1. The molecule has 1 aromatic carbocycles. The molecule has 29 heavy (non-hydrogen) atoms. The van der Waals surface area contributed by atoms with Gasteiger partial charge in [-0.25, -0.2) is 13.4 Å². The van der Waals surface area contributed by atoms with E-state index in [2.05, 4.69) is 9.97 Å². The van der Waals surface area contributed by atoms with Gasteiger partial charge in [0, 0.05) is 4.88 Å². The number of benzene rings is 1. The largest absolute Gasteiger partial charge is 0.454 e. The average molecular weight is 435 g/mol. The normalized spacial score (nSPS) is 12.8. The maximum atomic E-state index is 12.4. The van der Waals surface area contributed by atoms with Crippen LogP contribution >= 0.6 is 11.3 Å². The zero-order valence-corrected chi connectivity index (χ0v) is 18.2. The number of aryl methyl sites for hydroxylation is 3. The molecule has 0 aliphatic carbocycles. The lowest BCUT2D eigenvalue weighted by molar-refractivity contribution is -0.148. The predicted octanol–water partition coefficient (Wildman–Crippen LogP) is 3.38. The van der Waals surface area contributed by atoms with E-state index in [1.54, 1.807) is 19.1 Å². The van der Waals surface area contributed by atoms with Crippen LogP contribution in [0, 0.1) is 20.8 Å². The maximum absolute atomic E-state index is 12.4. The molecule has 0 aliphatic rings. The first-order valence-corrected chi connectivity index (χ1v) is 11.5. The second-order valence-corrected chi connectivity index (χ2v) is 10.2. The average Bonchev–Trinajstić information content (AvgIpc) is 2.95. The monoisotopic (exact) mass is 434 g/mol. The summed E-state index contributed by atoms with van der Waals surface area (Å²) in [6.45, 7) is 7.23. The molecule has 0 saturated heterocycles. The third-order valence-electron chi connectivity index (χ3n) is 4.71. The number of aromatic nitrogens is 2. The fraction of sp³-hybridized carbons (Fsp3) is 0.350. The molecule has 0 spiro atoms. The molecule has 0 fully saturated rings. The van der Waals surface area contributed by atoms with E-state index in [-0.39, 0.29) is 28.5 Å². The van der Waals surface area contributed by atoms with Gasteiger partial charge in [-0.1, -0.05) is 17.7 Å². The molecule has 3 aromatic rings. The van der Waals surface area contributed by atoms with Gasteiger partial charge in [-0.3, -0.25) is 9.59 Å². The van der Waals surface area contributed by atoms with Crippen molar-refractivity contribution in [3.8, 4) is 0 Å². The van der Waals surface area contributed by atoms with Crippen molar-refractivity contribution >= 4 is 37.4 Å². The van der Waals surface area contributed by atoms with Crippen molar-refractivity contribution < 1.29 is 17.9 Å². The number of fused-ring (bicyclic) bond motifs is 1.